The number of cyclic esters (lactones) is 1. The number of aliphatic hydroxyl groups excluding tert-OH is 1. The average Bonchev–Trinajstić information content (AvgIpc) is 3.11. The molecule has 6 nitrogen and oxygen atoms in total. The summed E-state index contributed by atoms with van der Waals surface area (Å²) < 4.78 is 16.1. The van der Waals surface area contributed by atoms with Crippen LogP contribution in [0.5, 0.6) is 0 Å². The van der Waals surface area contributed by atoms with Crippen LogP contribution in [0.15, 0.2) is 34.6 Å². The fourth-order valence-corrected chi connectivity index (χ4v) is 4.49. The van der Waals surface area contributed by atoms with Crippen molar-refractivity contribution in [3.05, 3.63) is 34.6 Å². The molecule has 0 spiro atoms. The molecule has 4 atom stereocenters. The number of esters is 2. The predicted octanol–water partition coefficient (Wildman–Crippen LogP) is 2.14. The molecule has 134 valence electrons. The quantitative estimate of drug-likeness (QED) is 0.357. The first-order valence-corrected chi connectivity index (χ1v) is 8.67. The number of fused-ring (bicyclic) bond motifs is 2. The highest BCUT2D eigenvalue weighted by Crippen LogP contribution is 2.54. The summed E-state index contributed by atoms with van der Waals surface area (Å²) in [5, 5.41) is 10.8. The molecule has 0 aromatic heterocycles. The summed E-state index contributed by atoms with van der Waals surface area (Å²) in [6.45, 7) is 5.90. The number of carbonyl (C=O) groups excluding carboxylic acids is 2. The lowest BCUT2D eigenvalue weighted by Crippen LogP contribution is -2.27. The maximum Gasteiger partial charge on any atom is 0.338 e. The number of aliphatic hydroxyl groups is 1. The van der Waals surface area contributed by atoms with Gasteiger partial charge in [0.15, 0.2) is 0 Å². The van der Waals surface area contributed by atoms with Crippen LogP contribution in [0.2, 0.25) is 0 Å². The van der Waals surface area contributed by atoms with Gasteiger partial charge in [-0.15, -0.1) is 0 Å². The third-order valence-corrected chi connectivity index (χ3v) is 5.72. The lowest BCUT2D eigenvalue weighted by molar-refractivity contribution is -0.152. The predicted molar refractivity (Wildman–Crippen MR) is 86.8 cm³/mol. The summed E-state index contributed by atoms with van der Waals surface area (Å²) in [7, 11) is 0. The second kappa shape index (κ2) is 5.46. The van der Waals surface area contributed by atoms with Crippen LogP contribution >= 0.6 is 0 Å². The Morgan fingerprint density at radius 3 is 2.72 bits per heavy atom. The van der Waals surface area contributed by atoms with Crippen LogP contribution in [0.3, 0.4) is 0 Å². The molecule has 2 heterocycles. The Morgan fingerprint density at radius 2 is 2.04 bits per heavy atom. The van der Waals surface area contributed by atoms with Crippen LogP contribution in [0.1, 0.15) is 40.0 Å². The van der Waals surface area contributed by atoms with Crippen molar-refractivity contribution >= 4 is 11.9 Å². The molecule has 4 unspecified atom stereocenters. The maximum absolute atomic E-state index is 12.3. The van der Waals surface area contributed by atoms with Gasteiger partial charge in [0.1, 0.15) is 6.10 Å². The lowest BCUT2D eigenvalue weighted by Gasteiger charge is -2.34. The van der Waals surface area contributed by atoms with E-state index in [2.05, 4.69) is 13.8 Å². The van der Waals surface area contributed by atoms with Crippen LogP contribution < -0.4 is 0 Å². The zero-order valence-electron chi connectivity index (χ0n) is 14.6. The second-order valence-corrected chi connectivity index (χ2v) is 7.81. The van der Waals surface area contributed by atoms with E-state index >= 15 is 0 Å². The van der Waals surface area contributed by atoms with Crippen molar-refractivity contribution in [3.8, 4) is 0 Å². The molecule has 0 radical (unpaired) electrons. The summed E-state index contributed by atoms with van der Waals surface area (Å²) in [6.07, 6.45) is 3.70. The van der Waals surface area contributed by atoms with Gasteiger partial charge in [-0.25, -0.2) is 9.59 Å². The van der Waals surface area contributed by atoms with Crippen LogP contribution in [0, 0.1) is 11.3 Å². The van der Waals surface area contributed by atoms with Crippen molar-refractivity contribution < 1.29 is 28.9 Å². The van der Waals surface area contributed by atoms with E-state index in [1.807, 2.05) is 0 Å². The molecule has 0 aromatic carbocycles. The minimum Gasteiger partial charge on any atom is -0.458 e. The van der Waals surface area contributed by atoms with Crippen LogP contribution in [0.4, 0.5) is 0 Å². The highest BCUT2D eigenvalue weighted by Gasteiger charge is 2.56. The standard InChI is InChI=1S/C19H22O6/c1-9-7-12(24-17(9)21)23-8-11-13-15(20)10-5-4-6-19(2,3)14(10)16(13)25-18(11)22/h7-8,12-13,15-16,20H,4-6H2,1-3H3/b11-8+. The van der Waals surface area contributed by atoms with Gasteiger partial charge in [0.25, 0.3) is 6.29 Å². The first-order valence-electron chi connectivity index (χ1n) is 8.67. The van der Waals surface area contributed by atoms with Crippen molar-refractivity contribution in [2.24, 2.45) is 11.3 Å². The van der Waals surface area contributed by atoms with E-state index < -0.39 is 36.4 Å². The first-order chi connectivity index (χ1) is 11.8. The summed E-state index contributed by atoms with van der Waals surface area (Å²) in [4.78, 5) is 23.7. The molecule has 6 heteroatoms. The van der Waals surface area contributed by atoms with Crippen LogP contribution in [-0.4, -0.2) is 35.5 Å². The van der Waals surface area contributed by atoms with Crippen molar-refractivity contribution in [2.75, 3.05) is 0 Å². The zero-order chi connectivity index (χ0) is 17.9. The molecule has 4 rings (SSSR count). The van der Waals surface area contributed by atoms with Gasteiger partial charge in [0.05, 0.1) is 23.9 Å². The largest absolute Gasteiger partial charge is 0.458 e. The van der Waals surface area contributed by atoms with Crippen molar-refractivity contribution in [1.82, 2.24) is 0 Å². The SMILES string of the molecule is CC1=CC(O/C=C2/C(=O)OC3C4=C(CCCC4(C)C)C(O)C23)OC1=O. The molecule has 2 aliphatic heterocycles. The van der Waals surface area contributed by atoms with Gasteiger partial charge >= 0.3 is 11.9 Å². The van der Waals surface area contributed by atoms with Gasteiger partial charge < -0.3 is 19.3 Å². The number of hydrogen-bond donors (Lipinski definition) is 1. The maximum atomic E-state index is 12.3. The summed E-state index contributed by atoms with van der Waals surface area (Å²) in [6, 6.07) is 0. The number of ether oxygens (including phenoxy) is 3. The van der Waals surface area contributed by atoms with Gasteiger partial charge in [-0.3, -0.25) is 0 Å². The number of hydrogen-bond acceptors (Lipinski definition) is 6. The van der Waals surface area contributed by atoms with Crippen LogP contribution in [0.25, 0.3) is 0 Å². The third kappa shape index (κ3) is 2.42. The Hall–Kier alpha value is -2.08. The highest BCUT2D eigenvalue weighted by molar-refractivity contribution is 5.93. The molecular weight excluding hydrogens is 324 g/mol. The zero-order valence-corrected chi connectivity index (χ0v) is 14.6. The molecule has 1 fully saturated rings. The van der Waals surface area contributed by atoms with E-state index in [1.165, 1.54) is 6.26 Å². The minimum absolute atomic E-state index is 0.0919. The Labute approximate surface area is 146 Å². The van der Waals surface area contributed by atoms with Gasteiger partial charge in [0, 0.05) is 11.6 Å². The minimum atomic E-state index is -0.843. The van der Waals surface area contributed by atoms with Gasteiger partial charge in [-0.2, -0.15) is 0 Å². The first kappa shape index (κ1) is 16.4. The van der Waals surface area contributed by atoms with E-state index in [1.54, 1.807) is 13.0 Å². The monoisotopic (exact) mass is 346 g/mol. The Morgan fingerprint density at radius 1 is 1.28 bits per heavy atom. The van der Waals surface area contributed by atoms with E-state index in [-0.39, 0.29) is 5.41 Å². The van der Waals surface area contributed by atoms with Gasteiger partial charge in [-0.05, 0) is 42.7 Å². The summed E-state index contributed by atoms with van der Waals surface area (Å²) >= 11 is 0. The highest BCUT2D eigenvalue weighted by atomic mass is 16.7. The topological polar surface area (TPSA) is 82.1 Å². The van der Waals surface area contributed by atoms with Crippen molar-refractivity contribution in [1.29, 1.82) is 0 Å². The molecule has 25 heavy (non-hydrogen) atoms. The Balaban J connectivity index is 1.60. The van der Waals surface area contributed by atoms with E-state index in [9.17, 15) is 14.7 Å². The van der Waals surface area contributed by atoms with E-state index in [0.29, 0.717) is 11.1 Å². The fourth-order valence-electron chi connectivity index (χ4n) is 4.49. The van der Waals surface area contributed by atoms with Crippen LogP contribution in [-0.2, 0) is 23.8 Å². The molecular formula is C19H22O6. The van der Waals surface area contributed by atoms with Crippen molar-refractivity contribution in [3.63, 3.8) is 0 Å². The molecule has 1 saturated heterocycles. The van der Waals surface area contributed by atoms with Crippen molar-refractivity contribution in [2.45, 2.75) is 58.5 Å². The average molecular weight is 346 g/mol. The number of rotatable bonds is 2. The van der Waals surface area contributed by atoms with E-state index in [4.69, 9.17) is 14.2 Å². The number of carbonyl (C=O) groups is 2. The molecule has 0 aromatic rings. The Kier molecular flexibility index (Phi) is 3.58. The second-order valence-electron chi connectivity index (χ2n) is 7.81. The molecule has 0 bridgehead atoms. The molecule has 4 aliphatic rings. The molecule has 2 aliphatic carbocycles. The van der Waals surface area contributed by atoms with E-state index in [0.717, 1.165) is 30.4 Å². The summed E-state index contributed by atoms with van der Waals surface area (Å²) in [5.74, 6) is -1.36. The smallest absolute Gasteiger partial charge is 0.338 e. The lowest BCUT2D eigenvalue weighted by atomic mass is 9.72. The fraction of sp³-hybridized carbons (Fsp3) is 0.579. The third-order valence-electron chi connectivity index (χ3n) is 5.72. The molecule has 0 amide bonds. The Bertz CT molecular complexity index is 741. The van der Waals surface area contributed by atoms with Gasteiger partial charge in [-0.1, -0.05) is 13.8 Å². The molecule has 0 saturated carbocycles. The summed E-state index contributed by atoms with van der Waals surface area (Å²) in [5.41, 5.74) is 2.75. The normalized spacial score (nSPS) is 37.6. The van der Waals surface area contributed by atoms with Gasteiger partial charge in [0.2, 0.25) is 0 Å². The molecule has 1 N–H and O–H groups in total.